The quantitative estimate of drug-likeness (QED) is 0.744. The third-order valence-electron chi connectivity index (χ3n) is 4.63. The van der Waals surface area contributed by atoms with Gasteiger partial charge in [0.25, 0.3) is 0 Å². The number of ether oxygens (including phenoxy) is 1. The summed E-state index contributed by atoms with van der Waals surface area (Å²) in [7, 11) is 0. The van der Waals surface area contributed by atoms with Gasteiger partial charge in [-0.1, -0.05) is 6.07 Å². The van der Waals surface area contributed by atoms with Crippen LogP contribution in [0.3, 0.4) is 0 Å². The SMILES string of the molecule is Cc1cc(C)cc(OCCNc2cc(N3CCCC(CO)C3)ncn2)c1. The van der Waals surface area contributed by atoms with Crippen LogP contribution in [0.4, 0.5) is 11.6 Å². The minimum atomic E-state index is 0.239. The van der Waals surface area contributed by atoms with E-state index >= 15 is 0 Å². The summed E-state index contributed by atoms with van der Waals surface area (Å²) in [5.41, 5.74) is 2.41. The zero-order valence-corrected chi connectivity index (χ0v) is 15.6. The number of rotatable bonds is 7. The highest BCUT2D eigenvalue weighted by atomic mass is 16.5. The number of hydrogen-bond donors (Lipinski definition) is 2. The predicted molar refractivity (Wildman–Crippen MR) is 104 cm³/mol. The molecule has 0 spiro atoms. The summed E-state index contributed by atoms with van der Waals surface area (Å²) in [5, 5.41) is 12.7. The molecule has 2 N–H and O–H groups in total. The Balaban J connectivity index is 1.51. The van der Waals surface area contributed by atoms with Crippen LogP contribution in [-0.4, -0.2) is 47.9 Å². The molecule has 2 aromatic rings. The summed E-state index contributed by atoms with van der Waals surface area (Å²) in [5.74, 6) is 2.94. The van der Waals surface area contributed by atoms with Crippen LogP contribution in [0.1, 0.15) is 24.0 Å². The molecule has 0 amide bonds. The number of hydrogen-bond acceptors (Lipinski definition) is 6. The first-order valence-corrected chi connectivity index (χ1v) is 9.27. The molecule has 1 aromatic carbocycles. The molecule has 1 atom stereocenters. The summed E-state index contributed by atoms with van der Waals surface area (Å²) < 4.78 is 5.82. The first-order chi connectivity index (χ1) is 12.6. The molecule has 26 heavy (non-hydrogen) atoms. The second-order valence-corrected chi connectivity index (χ2v) is 7.00. The average molecular weight is 356 g/mol. The Labute approximate surface area is 155 Å². The lowest BCUT2D eigenvalue weighted by Gasteiger charge is -2.32. The van der Waals surface area contributed by atoms with E-state index in [1.807, 2.05) is 18.2 Å². The average Bonchev–Trinajstić information content (AvgIpc) is 2.65. The van der Waals surface area contributed by atoms with Crippen molar-refractivity contribution in [2.45, 2.75) is 26.7 Å². The number of piperidine rings is 1. The normalized spacial score (nSPS) is 17.2. The zero-order valence-electron chi connectivity index (χ0n) is 15.6. The largest absolute Gasteiger partial charge is 0.492 e. The van der Waals surface area contributed by atoms with Crippen molar-refractivity contribution in [2.75, 3.05) is 43.1 Å². The molecule has 3 rings (SSSR count). The molecule has 1 fully saturated rings. The van der Waals surface area contributed by atoms with Crippen molar-refractivity contribution >= 4 is 11.6 Å². The number of aliphatic hydroxyl groups excluding tert-OH is 1. The number of aliphatic hydroxyl groups is 1. The van der Waals surface area contributed by atoms with Gasteiger partial charge in [-0.25, -0.2) is 9.97 Å². The molecule has 0 bridgehead atoms. The van der Waals surface area contributed by atoms with Crippen molar-refractivity contribution in [2.24, 2.45) is 5.92 Å². The Bertz CT molecular complexity index is 702. The molecule has 6 nitrogen and oxygen atoms in total. The molecule has 1 saturated heterocycles. The third-order valence-corrected chi connectivity index (χ3v) is 4.63. The monoisotopic (exact) mass is 356 g/mol. The van der Waals surface area contributed by atoms with E-state index in [0.717, 1.165) is 43.3 Å². The van der Waals surface area contributed by atoms with Crippen LogP contribution in [0.5, 0.6) is 5.75 Å². The van der Waals surface area contributed by atoms with Crippen LogP contribution < -0.4 is 15.0 Å². The lowest BCUT2D eigenvalue weighted by molar-refractivity contribution is 0.208. The molecule has 0 saturated carbocycles. The molecule has 6 heteroatoms. The van der Waals surface area contributed by atoms with Gasteiger partial charge < -0.3 is 20.1 Å². The van der Waals surface area contributed by atoms with Gasteiger partial charge in [0.1, 0.15) is 30.3 Å². The Morgan fingerprint density at radius 2 is 2.00 bits per heavy atom. The fourth-order valence-electron chi connectivity index (χ4n) is 3.40. The van der Waals surface area contributed by atoms with Crippen molar-refractivity contribution < 1.29 is 9.84 Å². The van der Waals surface area contributed by atoms with Gasteiger partial charge in [0, 0.05) is 25.8 Å². The zero-order chi connectivity index (χ0) is 18.4. The van der Waals surface area contributed by atoms with E-state index in [1.54, 1.807) is 6.33 Å². The van der Waals surface area contributed by atoms with Crippen LogP contribution in [-0.2, 0) is 0 Å². The summed E-state index contributed by atoms with van der Waals surface area (Å²) in [6, 6.07) is 8.19. The maximum atomic E-state index is 9.40. The van der Waals surface area contributed by atoms with Crippen LogP contribution in [0.15, 0.2) is 30.6 Å². The van der Waals surface area contributed by atoms with Gasteiger partial charge >= 0.3 is 0 Å². The molecule has 1 aromatic heterocycles. The van der Waals surface area contributed by atoms with Gasteiger partial charge in [0.05, 0.1) is 6.54 Å². The van der Waals surface area contributed by atoms with Crippen molar-refractivity contribution in [3.8, 4) is 5.75 Å². The smallest absolute Gasteiger partial charge is 0.134 e. The Kier molecular flexibility index (Phi) is 6.28. The standard InChI is InChI=1S/C20H28N4O2/c1-15-8-16(2)10-18(9-15)26-7-5-21-19-11-20(23-14-22-19)24-6-3-4-17(12-24)13-25/h8-11,14,17,25H,3-7,12-13H2,1-2H3,(H,21,22,23). The Hall–Kier alpha value is -2.34. The number of benzene rings is 1. The van der Waals surface area contributed by atoms with Crippen molar-refractivity contribution in [1.29, 1.82) is 0 Å². The van der Waals surface area contributed by atoms with Gasteiger partial charge in [-0.05, 0) is 55.9 Å². The molecule has 1 aliphatic heterocycles. The van der Waals surface area contributed by atoms with Crippen LogP contribution >= 0.6 is 0 Å². The minimum absolute atomic E-state index is 0.239. The van der Waals surface area contributed by atoms with E-state index < -0.39 is 0 Å². The molecule has 2 heterocycles. The number of aryl methyl sites for hydroxylation is 2. The van der Waals surface area contributed by atoms with Crippen LogP contribution in [0.2, 0.25) is 0 Å². The lowest BCUT2D eigenvalue weighted by Crippen LogP contribution is -2.37. The van der Waals surface area contributed by atoms with E-state index in [0.29, 0.717) is 19.1 Å². The summed E-state index contributed by atoms with van der Waals surface area (Å²) in [6.07, 6.45) is 3.76. The highest BCUT2D eigenvalue weighted by molar-refractivity contribution is 5.48. The van der Waals surface area contributed by atoms with Crippen molar-refractivity contribution in [3.63, 3.8) is 0 Å². The van der Waals surface area contributed by atoms with Gasteiger partial charge in [-0.2, -0.15) is 0 Å². The number of nitrogens with one attached hydrogen (secondary N) is 1. The van der Waals surface area contributed by atoms with E-state index in [2.05, 4.69) is 40.1 Å². The summed E-state index contributed by atoms with van der Waals surface area (Å²) >= 11 is 0. The lowest BCUT2D eigenvalue weighted by atomic mass is 9.99. The van der Waals surface area contributed by atoms with Crippen LogP contribution in [0, 0.1) is 19.8 Å². The Morgan fingerprint density at radius 3 is 2.77 bits per heavy atom. The number of aromatic nitrogens is 2. The van der Waals surface area contributed by atoms with E-state index in [9.17, 15) is 5.11 Å². The van der Waals surface area contributed by atoms with Gasteiger partial charge in [-0.15, -0.1) is 0 Å². The Morgan fingerprint density at radius 1 is 1.19 bits per heavy atom. The van der Waals surface area contributed by atoms with Gasteiger partial charge in [-0.3, -0.25) is 0 Å². The molecule has 0 aliphatic carbocycles. The van der Waals surface area contributed by atoms with Gasteiger partial charge in [0.2, 0.25) is 0 Å². The van der Waals surface area contributed by atoms with Crippen LogP contribution in [0.25, 0.3) is 0 Å². The van der Waals surface area contributed by atoms with Crippen molar-refractivity contribution in [3.05, 3.63) is 41.7 Å². The predicted octanol–water partition coefficient (Wildman–Crippen LogP) is 2.79. The fourth-order valence-corrected chi connectivity index (χ4v) is 3.40. The maximum absolute atomic E-state index is 9.40. The molecule has 1 unspecified atom stereocenters. The van der Waals surface area contributed by atoms with E-state index in [4.69, 9.17) is 4.74 Å². The van der Waals surface area contributed by atoms with Crippen molar-refractivity contribution in [1.82, 2.24) is 9.97 Å². The molecular formula is C20H28N4O2. The first-order valence-electron chi connectivity index (χ1n) is 9.27. The highest BCUT2D eigenvalue weighted by Gasteiger charge is 2.20. The topological polar surface area (TPSA) is 70.5 Å². The summed E-state index contributed by atoms with van der Waals surface area (Å²) in [4.78, 5) is 10.9. The molecule has 140 valence electrons. The third kappa shape index (κ3) is 5.08. The maximum Gasteiger partial charge on any atom is 0.134 e. The highest BCUT2D eigenvalue weighted by Crippen LogP contribution is 2.22. The van der Waals surface area contributed by atoms with Gasteiger partial charge in [0.15, 0.2) is 0 Å². The second-order valence-electron chi connectivity index (χ2n) is 7.00. The molecular weight excluding hydrogens is 328 g/mol. The van der Waals surface area contributed by atoms with E-state index in [-0.39, 0.29) is 6.61 Å². The first kappa shape index (κ1) is 18.5. The number of anilines is 2. The number of nitrogens with zero attached hydrogens (tertiary/aromatic N) is 3. The summed E-state index contributed by atoms with van der Waals surface area (Å²) in [6.45, 7) is 7.44. The fraction of sp³-hybridized carbons (Fsp3) is 0.500. The molecule has 1 aliphatic rings. The molecule has 0 radical (unpaired) electrons. The minimum Gasteiger partial charge on any atom is -0.492 e. The van der Waals surface area contributed by atoms with E-state index in [1.165, 1.54) is 11.1 Å². The second kappa shape index (κ2) is 8.85.